The lowest BCUT2D eigenvalue weighted by atomic mass is 10.3. The quantitative estimate of drug-likeness (QED) is 0.563. The van der Waals surface area contributed by atoms with E-state index in [1.54, 1.807) is 16.9 Å². The summed E-state index contributed by atoms with van der Waals surface area (Å²) in [5.41, 5.74) is 4.16. The van der Waals surface area contributed by atoms with Crippen molar-refractivity contribution >= 4 is 5.65 Å². The van der Waals surface area contributed by atoms with Crippen LogP contribution >= 0.6 is 0 Å². The number of fused-ring (bicyclic) bond motifs is 1. The molecular formula is C15H15N7O. The van der Waals surface area contributed by atoms with E-state index in [1.807, 2.05) is 38.5 Å². The van der Waals surface area contributed by atoms with Crippen molar-refractivity contribution in [2.45, 2.75) is 20.8 Å². The normalized spacial score (nSPS) is 11.5. The number of nitrogens with zero attached hydrogens (tertiary/aromatic N) is 7. The van der Waals surface area contributed by atoms with Crippen molar-refractivity contribution in [1.29, 1.82) is 0 Å². The van der Waals surface area contributed by atoms with Crippen LogP contribution in [-0.4, -0.2) is 34.3 Å². The summed E-state index contributed by atoms with van der Waals surface area (Å²) in [4.78, 5) is 13.3. The minimum atomic E-state index is 0.423. The summed E-state index contributed by atoms with van der Waals surface area (Å²) in [7, 11) is 1.91. The third-order valence-electron chi connectivity index (χ3n) is 3.88. The van der Waals surface area contributed by atoms with E-state index in [4.69, 9.17) is 4.52 Å². The highest BCUT2D eigenvalue weighted by Gasteiger charge is 2.18. The Kier molecular flexibility index (Phi) is 2.80. The van der Waals surface area contributed by atoms with Crippen molar-refractivity contribution in [2.75, 3.05) is 0 Å². The molecule has 0 saturated heterocycles. The summed E-state index contributed by atoms with van der Waals surface area (Å²) in [6.07, 6.45) is 3.42. The second-order valence-electron chi connectivity index (χ2n) is 5.51. The van der Waals surface area contributed by atoms with Crippen LogP contribution < -0.4 is 0 Å². The maximum atomic E-state index is 5.39. The van der Waals surface area contributed by atoms with Crippen molar-refractivity contribution in [3.63, 3.8) is 0 Å². The summed E-state index contributed by atoms with van der Waals surface area (Å²) in [6.45, 7) is 5.85. The van der Waals surface area contributed by atoms with Crippen LogP contribution in [0.2, 0.25) is 0 Å². The van der Waals surface area contributed by atoms with E-state index in [9.17, 15) is 0 Å². The van der Waals surface area contributed by atoms with Crippen LogP contribution in [0.15, 0.2) is 23.0 Å². The van der Waals surface area contributed by atoms with E-state index in [0.717, 1.165) is 34.1 Å². The van der Waals surface area contributed by atoms with Gasteiger partial charge in [-0.3, -0.25) is 0 Å². The molecule has 0 saturated carbocycles. The number of aryl methyl sites for hydroxylation is 3. The summed E-state index contributed by atoms with van der Waals surface area (Å²) in [5, 5.41) is 8.43. The first kappa shape index (κ1) is 13.6. The van der Waals surface area contributed by atoms with Crippen molar-refractivity contribution < 1.29 is 4.52 Å². The summed E-state index contributed by atoms with van der Waals surface area (Å²) >= 11 is 0. The lowest BCUT2D eigenvalue weighted by Crippen LogP contribution is -1.97. The standard InChI is InChI=1S/C15H15N7O/c1-8-5-9(2)22-14(18-8)11(6-17-22)13-19-15(23-20-13)12-7-16-10(3)21(12)4/h5-7H,1-4H3. The SMILES string of the molecule is Cc1cc(C)n2ncc(-c3noc(-c4cnc(C)n4C)n3)c2n1. The maximum absolute atomic E-state index is 5.39. The molecule has 0 atom stereocenters. The first-order chi connectivity index (χ1) is 11.0. The topological polar surface area (TPSA) is 86.9 Å². The molecule has 23 heavy (non-hydrogen) atoms. The van der Waals surface area contributed by atoms with Crippen LogP contribution in [0.1, 0.15) is 17.2 Å². The van der Waals surface area contributed by atoms with Gasteiger partial charge in [-0.15, -0.1) is 0 Å². The van der Waals surface area contributed by atoms with Gasteiger partial charge in [-0.2, -0.15) is 10.1 Å². The zero-order valence-corrected chi connectivity index (χ0v) is 13.3. The number of aromatic nitrogens is 7. The number of imidazole rings is 1. The lowest BCUT2D eigenvalue weighted by molar-refractivity contribution is 0.429. The first-order valence-electron chi connectivity index (χ1n) is 7.19. The molecule has 4 heterocycles. The second kappa shape index (κ2) is 4.73. The van der Waals surface area contributed by atoms with Gasteiger partial charge >= 0.3 is 0 Å². The molecule has 0 aliphatic rings. The van der Waals surface area contributed by atoms with Gasteiger partial charge in [0.1, 0.15) is 11.5 Å². The third-order valence-corrected chi connectivity index (χ3v) is 3.88. The highest BCUT2D eigenvalue weighted by molar-refractivity contribution is 5.73. The fraction of sp³-hybridized carbons (Fsp3) is 0.267. The Morgan fingerprint density at radius 3 is 2.65 bits per heavy atom. The minimum absolute atomic E-state index is 0.423. The molecule has 4 aromatic rings. The highest BCUT2D eigenvalue weighted by Crippen LogP contribution is 2.25. The van der Waals surface area contributed by atoms with E-state index in [2.05, 4.69) is 25.2 Å². The Bertz CT molecular complexity index is 1020. The summed E-state index contributed by atoms with van der Waals surface area (Å²) in [6, 6.07) is 1.98. The Morgan fingerprint density at radius 2 is 1.91 bits per heavy atom. The van der Waals surface area contributed by atoms with E-state index in [-0.39, 0.29) is 0 Å². The average molecular weight is 309 g/mol. The van der Waals surface area contributed by atoms with E-state index in [0.29, 0.717) is 11.7 Å². The van der Waals surface area contributed by atoms with E-state index < -0.39 is 0 Å². The Morgan fingerprint density at radius 1 is 1.09 bits per heavy atom. The van der Waals surface area contributed by atoms with Gasteiger partial charge in [0.25, 0.3) is 5.89 Å². The molecule has 0 bridgehead atoms. The van der Waals surface area contributed by atoms with Gasteiger partial charge in [-0.1, -0.05) is 5.16 Å². The first-order valence-corrected chi connectivity index (χ1v) is 7.19. The largest absolute Gasteiger partial charge is 0.332 e. The number of rotatable bonds is 2. The molecule has 0 spiro atoms. The van der Waals surface area contributed by atoms with E-state index in [1.165, 1.54) is 0 Å². The molecule has 0 aromatic carbocycles. The fourth-order valence-corrected chi connectivity index (χ4v) is 2.57. The van der Waals surface area contributed by atoms with Crippen LogP contribution in [0.3, 0.4) is 0 Å². The molecule has 4 rings (SSSR count). The van der Waals surface area contributed by atoms with E-state index >= 15 is 0 Å². The van der Waals surface area contributed by atoms with Crippen molar-refractivity contribution in [2.24, 2.45) is 7.05 Å². The highest BCUT2D eigenvalue weighted by atomic mass is 16.5. The van der Waals surface area contributed by atoms with Gasteiger partial charge in [-0.05, 0) is 26.8 Å². The second-order valence-corrected chi connectivity index (χ2v) is 5.51. The van der Waals surface area contributed by atoms with Gasteiger partial charge in [0.2, 0.25) is 5.82 Å². The molecule has 8 heteroatoms. The van der Waals surface area contributed by atoms with Gasteiger partial charge in [0, 0.05) is 18.4 Å². The molecule has 0 aliphatic carbocycles. The van der Waals surface area contributed by atoms with Gasteiger partial charge in [-0.25, -0.2) is 14.5 Å². The van der Waals surface area contributed by atoms with Crippen LogP contribution in [0.4, 0.5) is 0 Å². The summed E-state index contributed by atoms with van der Waals surface area (Å²) in [5.74, 6) is 1.77. The number of hydrogen-bond donors (Lipinski definition) is 0. The molecule has 8 nitrogen and oxygen atoms in total. The van der Waals surface area contributed by atoms with Crippen LogP contribution in [-0.2, 0) is 7.05 Å². The number of hydrogen-bond acceptors (Lipinski definition) is 6. The molecule has 4 aromatic heterocycles. The van der Waals surface area contributed by atoms with Gasteiger partial charge < -0.3 is 9.09 Å². The van der Waals surface area contributed by atoms with Gasteiger partial charge in [0.15, 0.2) is 5.65 Å². The smallest absolute Gasteiger partial charge is 0.276 e. The van der Waals surface area contributed by atoms with Crippen molar-refractivity contribution in [3.8, 4) is 23.0 Å². The predicted octanol–water partition coefficient (Wildman–Crippen LogP) is 2.11. The van der Waals surface area contributed by atoms with Crippen LogP contribution in [0, 0.1) is 20.8 Å². The van der Waals surface area contributed by atoms with Crippen molar-refractivity contribution in [1.82, 2.24) is 34.3 Å². The third kappa shape index (κ3) is 2.02. The molecule has 0 aliphatic heterocycles. The minimum Gasteiger partial charge on any atom is -0.332 e. The molecular weight excluding hydrogens is 294 g/mol. The Labute approximate surface area is 131 Å². The van der Waals surface area contributed by atoms with Crippen LogP contribution in [0.25, 0.3) is 28.6 Å². The lowest BCUT2D eigenvalue weighted by Gasteiger charge is -2.00. The molecule has 0 radical (unpaired) electrons. The van der Waals surface area contributed by atoms with Crippen LogP contribution in [0.5, 0.6) is 0 Å². The monoisotopic (exact) mass is 309 g/mol. The fourth-order valence-electron chi connectivity index (χ4n) is 2.57. The molecule has 0 unspecified atom stereocenters. The average Bonchev–Trinajstić information content (AvgIpc) is 3.19. The summed E-state index contributed by atoms with van der Waals surface area (Å²) < 4.78 is 9.06. The zero-order valence-electron chi connectivity index (χ0n) is 13.3. The molecule has 116 valence electrons. The van der Waals surface area contributed by atoms with Crippen molar-refractivity contribution in [3.05, 3.63) is 35.7 Å². The predicted molar refractivity (Wildman–Crippen MR) is 82.7 cm³/mol. The van der Waals surface area contributed by atoms with Gasteiger partial charge in [0.05, 0.1) is 18.0 Å². The Hall–Kier alpha value is -3.03. The molecule has 0 fully saturated rings. The maximum Gasteiger partial charge on any atom is 0.276 e. The molecule has 0 N–H and O–H groups in total. The zero-order chi connectivity index (χ0) is 16.1. The molecule has 0 amide bonds. The Balaban J connectivity index is 1.85.